The zero-order valence-corrected chi connectivity index (χ0v) is 17.4. The number of anilines is 1. The minimum Gasteiger partial charge on any atom is -0.465 e. The number of piperidine rings is 1. The number of likely N-dealkylation sites (tertiary alicyclic amines) is 1. The monoisotopic (exact) mass is 398 g/mol. The summed E-state index contributed by atoms with van der Waals surface area (Å²) >= 11 is 0. The zero-order valence-electron chi connectivity index (χ0n) is 17.4. The molecule has 0 unspecified atom stereocenters. The van der Waals surface area contributed by atoms with Crippen LogP contribution < -0.4 is 5.32 Å². The molecule has 1 aromatic heterocycles. The van der Waals surface area contributed by atoms with Crippen molar-refractivity contribution in [3.8, 4) is 0 Å². The van der Waals surface area contributed by atoms with Crippen molar-refractivity contribution in [1.82, 2.24) is 14.5 Å². The van der Waals surface area contributed by atoms with Gasteiger partial charge in [0.05, 0.1) is 19.2 Å². The zero-order chi connectivity index (χ0) is 20.8. The number of nitrogens with one attached hydrogen (secondary N) is 1. The van der Waals surface area contributed by atoms with E-state index in [2.05, 4.69) is 44.5 Å². The topological polar surface area (TPSA) is 76.5 Å². The van der Waals surface area contributed by atoms with Gasteiger partial charge in [-0.2, -0.15) is 0 Å². The number of amides is 1. The highest BCUT2D eigenvalue weighted by atomic mass is 16.5. The predicted molar refractivity (Wildman–Crippen MR) is 112 cm³/mol. The summed E-state index contributed by atoms with van der Waals surface area (Å²) in [5, 5.41) is 2.90. The molecule has 2 aromatic rings. The summed E-state index contributed by atoms with van der Waals surface area (Å²) in [6, 6.07) is 6.73. The predicted octanol–water partition coefficient (Wildman–Crippen LogP) is 3.14. The molecule has 7 heteroatoms. The van der Waals surface area contributed by atoms with Gasteiger partial charge in [-0.05, 0) is 56.1 Å². The second-order valence-electron chi connectivity index (χ2n) is 7.93. The van der Waals surface area contributed by atoms with Crippen molar-refractivity contribution in [2.75, 3.05) is 32.1 Å². The summed E-state index contributed by atoms with van der Waals surface area (Å²) in [6.07, 6.45) is 6.11. The van der Waals surface area contributed by atoms with E-state index in [1.54, 1.807) is 24.3 Å². The third-order valence-corrected chi connectivity index (χ3v) is 5.38. The molecule has 1 aromatic carbocycles. The summed E-state index contributed by atoms with van der Waals surface area (Å²) < 4.78 is 6.95. The van der Waals surface area contributed by atoms with Crippen LogP contribution in [0.1, 0.15) is 48.8 Å². The van der Waals surface area contributed by atoms with Crippen LogP contribution >= 0.6 is 0 Å². The maximum Gasteiger partial charge on any atom is 0.337 e. The average molecular weight is 399 g/mol. The molecule has 29 heavy (non-hydrogen) atoms. The molecule has 1 amide bonds. The fraction of sp³-hybridized carbons (Fsp3) is 0.500. The number of imidazole rings is 1. The number of hydrogen-bond donors (Lipinski definition) is 1. The molecule has 7 nitrogen and oxygen atoms in total. The average Bonchev–Trinajstić information content (AvgIpc) is 3.18. The van der Waals surface area contributed by atoms with Crippen LogP contribution in [0.15, 0.2) is 36.7 Å². The van der Waals surface area contributed by atoms with Crippen LogP contribution in [0.5, 0.6) is 0 Å². The number of methoxy groups -OCH3 is 1. The maximum atomic E-state index is 12.4. The van der Waals surface area contributed by atoms with E-state index in [-0.39, 0.29) is 11.9 Å². The first-order valence-corrected chi connectivity index (χ1v) is 10.2. The number of esters is 1. The van der Waals surface area contributed by atoms with Gasteiger partial charge in [-0.15, -0.1) is 0 Å². The van der Waals surface area contributed by atoms with Crippen LogP contribution in [-0.4, -0.2) is 53.1 Å². The molecule has 2 heterocycles. The first kappa shape index (κ1) is 21.0. The van der Waals surface area contributed by atoms with Crippen molar-refractivity contribution < 1.29 is 14.3 Å². The molecule has 1 aliphatic rings. The Hall–Kier alpha value is -2.67. The molecular weight excluding hydrogens is 368 g/mol. The highest BCUT2D eigenvalue weighted by Gasteiger charge is 2.22. The van der Waals surface area contributed by atoms with E-state index in [0.29, 0.717) is 29.6 Å². The van der Waals surface area contributed by atoms with Crippen molar-refractivity contribution in [2.45, 2.75) is 39.2 Å². The molecule has 1 saturated heterocycles. The summed E-state index contributed by atoms with van der Waals surface area (Å²) in [4.78, 5) is 30.5. The first-order chi connectivity index (χ1) is 14.0. The van der Waals surface area contributed by atoms with Crippen molar-refractivity contribution >= 4 is 17.6 Å². The number of carbonyl (C=O) groups is 2. The second-order valence-corrected chi connectivity index (χ2v) is 7.93. The van der Waals surface area contributed by atoms with Gasteiger partial charge in [0.2, 0.25) is 5.91 Å². The standard InChI is InChI=1S/C22H30N4O3/c1-16(2)21-23-10-13-26(21)14-17-8-11-25(12-9-17)15-20(27)24-19-6-4-18(5-7-19)22(28)29-3/h4-7,10,13,16-17H,8-9,11-12,14-15H2,1-3H3,(H,24,27). The van der Waals surface area contributed by atoms with Gasteiger partial charge in [0, 0.05) is 30.5 Å². The fourth-order valence-corrected chi connectivity index (χ4v) is 3.79. The fourth-order valence-electron chi connectivity index (χ4n) is 3.79. The Balaban J connectivity index is 1.43. The quantitative estimate of drug-likeness (QED) is 0.725. The lowest BCUT2D eigenvalue weighted by Crippen LogP contribution is -2.40. The Morgan fingerprint density at radius 1 is 1.21 bits per heavy atom. The Bertz CT molecular complexity index is 821. The molecule has 1 fully saturated rings. The molecule has 1 aliphatic heterocycles. The van der Waals surface area contributed by atoms with Gasteiger partial charge in [0.1, 0.15) is 5.82 Å². The lowest BCUT2D eigenvalue weighted by atomic mass is 9.96. The van der Waals surface area contributed by atoms with E-state index < -0.39 is 0 Å². The van der Waals surface area contributed by atoms with Gasteiger partial charge in [-0.3, -0.25) is 9.69 Å². The molecule has 0 saturated carbocycles. The van der Waals surface area contributed by atoms with E-state index in [9.17, 15) is 9.59 Å². The SMILES string of the molecule is COC(=O)c1ccc(NC(=O)CN2CCC(Cn3ccnc3C(C)C)CC2)cc1. The molecular formula is C22H30N4O3. The summed E-state index contributed by atoms with van der Waals surface area (Å²) in [6.45, 7) is 7.57. The van der Waals surface area contributed by atoms with Crippen LogP contribution in [-0.2, 0) is 16.1 Å². The lowest BCUT2D eigenvalue weighted by molar-refractivity contribution is -0.117. The summed E-state index contributed by atoms with van der Waals surface area (Å²) in [5.74, 6) is 1.76. The van der Waals surface area contributed by atoms with Crippen LogP contribution in [0.4, 0.5) is 5.69 Å². The number of ether oxygens (including phenoxy) is 1. The Morgan fingerprint density at radius 2 is 1.90 bits per heavy atom. The third kappa shape index (κ3) is 5.67. The minimum atomic E-state index is -0.387. The summed E-state index contributed by atoms with van der Waals surface area (Å²) in [7, 11) is 1.35. The molecule has 1 N–H and O–H groups in total. The Kier molecular flexibility index (Phi) is 7.04. The van der Waals surface area contributed by atoms with Gasteiger partial charge in [-0.25, -0.2) is 9.78 Å². The highest BCUT2D eigenvalue weighted by molar-refractivity contribution is 5.93. The lowest BCUT2D eigenvalue weighted by Gasteiger charge is -2.32. The van der Waals surface area contributed by atoms with Gasteiger partial charge in [0.25, 0.3) is 0 Å². The van der Waals surface area contributed by atoms with Gasteiger partial charge < -0.3 is 14.6 Å². The number of benzene rings is 1. The van der Waals surface area contributed by atoms with Gasteiger partial charge >= 0.3 is 5.97 Å². The van der Waals surface area contributed by atoms with E-state index in [0.717, 1.165) is 38.3 Å². The number of carbonyl (C=O) groups excluding carboxylic acids is 2. The normalized spacial score (nSPS) is 15.4. The van der Waals surface area contributed by atoms with E-state index in [1.807, 2.05) is 6.20 Å². The Morgan fingerprint density at radius 3 is 2.52 bits per heavy atom. The smallest absolute Gasteiger partial charge is 0.337 e. The minimum absolute atomic E-state index is 0.0361. The van der Waals surface area contributed by atoms with Crippen LogP contribution in [0.3, 0.4) is 0 Å². The number of rotatable bonds is 7. The molecule has 0 bridgehead atoms. The largest absolute Gasteiger partial charge is 0.465 e. The van der Waals surface area contributed by atoms with Gasteiger partial charge in [0.15, 0.2) is 0 Å². The van der Waals surface area contributed by atoms with Crippen molar-refractivity contribution in [3.63, 3.8) is 0 Å². The second kappa shape index (κ2) is 9.69. The van der Waals surface area contributed by atoms with Crippen molar-refractivity contribution in [2.24, 2.45) is 5.92 Å². The van der Waals surface area contributed by atoms with E-state index >= 15 is 0 Å². The number of aromatic nitrogens is 2. The molecule has 0 atom stereocenters. The van der Waals surface area contributed by atoms with Gasteiger partial charge in [-0.1, -0.05) is 13.8 Å². The molecule has 0 radical (unpaired) electrons. The number of nitrogens with zero attached hydrogens (tertiary/aromatic N) is 3. The maximum absolute atomic E-state index is 12.4. The van der Waals surface area contributed by atoms with Crippen molar-refractivity contribution in [3.05, 3.63) is 48.0 Å². The molecule has 3 rings (SSSR count). The highest BCUT2D eigenvalue weighted by Crippen LogP contribution is 2.21. The third-order valence-electron chi connectivity index (χ3n) is 5.38. The number of hydrogen-bond acceptors (Lipinski definition) is 5. The van der Waals surface area contributed by atoms with Crippen LogP contribution in [0.25, 0.3) is 0 Å². The van der Waals surface area contributed by atoms with E-state index in [4.69, 9.17) is 0 Å². The van der Waals surface area contributed by atoms with Crippen LogP contribution in [0, 0.1) is 5.92 Å². The first-order valence-electron chi connectivity index (χ1n) is 10.2. The van der Waals surface area contributed by atoms with E-state index in [1.165, 1.54) is 7.11 Å². The Labute approximate surface area is 172 Å². The molecule has 156 valence electrons. The van der Waals surface area contributed by atoms with Crippen LogP contribution in [0.2, 0.25) is 0 Å². The molecule has 0 aliphatic carbocycles. The molecule has 0 spiro atoms. The van der Waals surface area contributed by atoms with Crippen molar-refractivity contribution in [1.29, 1.82) is 0 Å². The summed E-state index contributed by atoms with van der Waals surface area (Å²) in [5.41, 5.74) is 1.14.